The van der Waals surface area contributed by atoms with E-state index >= 15 is 0 Å². The van der Waals surface area contributed by atoms with Crippen LogP contribution in [0.4, 0.5) is 37.3 Å². The third-order valence-corrected chi connectivity index (χ3v) is 10.9. The third-order valence-electron chi connectivity index (χ3n) is 7.68. The van der Waals surface area contributed by atoms with Crippen LogP contribution in [-0.4, -0.2) is 108 Å². The van der Waals surface area contributed by atoms with Crippen LogP contribution in [0.15, 0.2) is 28.7 Å². The van der Waals surface area contributed by atoms with Crippen LogP contribution in [0.1, 0.15) is 18.4 Å². The van der Waals surface area contributed by atoms with E-state index in [0.717, 1.165) is 11.3 Å². The second kappa shape index (κ2) is 10.8. The molecule has 0 saturated carbocycles. The molecule has 3 aliphatic rings. The summed E-state index contributed by atoms with van der Waals surface area (Å²) < 4.78 is 114. The van der Waals surface area contributed by atoms with Gasteiger partial charge in [-0.3, -0.25) is 9.69 Å². The molecule has 0 aliphatic carbocycles. The molecule has 11 nitrogen and oxygen atoms in total. The van der Waals surface area contributed by atoms with E-state index in [4.69, 9.17) is 10.5 Å². The number of morpholine rings is 1. The molecule has 0 radical (unpaired) electrons. The molecule has 2 bridgehead atoms. The number of nitrogens with zero attached hydrogens (tertiary/aromatic N) is 5. The molecule has 0 spiro atoms. The lowest BCUT2D eigenvalue weighted by atomic mass is 9.92. The molecule has 3 aliphatic heterocycles. The van der Waals surface area contributed by atoms with Crippen molar-refractivity contribution in [2.45, 2.75) is 53.1 Å². The summed E-state index contributed by atoms with van der Waals surface area (Å²) in [6, 6.07) is 1.55. The van der Waals surface area contributed by atoms with Gasteiger partial charge in [-0.05, 0) is 12.1 Å². The highest BCUT2D eigenvalue weighted by atomic mass is 32.2. The quantitative estimate of drug-likeness (QED) is 0.447. The molecule has 42 heavy (non-hydrogen) atoms. The molecule has 3 unspecified atom stereocenters. The summed E-state index contributed by atoms with van der Waals surface area (Å²) in [5, 5.41) is 9.99. The van der Waals surface area contributed by atoms with Crippen LogP contribution in [0, 0.1) is 0 Å². The first kappa shape index (κ1) is 30.9. The van der Waals surface area contributed by atoms with Crippen molar-refractivity contribution < 1.29 is 49.4 Å². The van der Waals surface area contributed by atoms with Crippen molar-refractivity contribution >= 4 is 38.1 Å². The molecule has 2 aromatic rings. The number of fused-ring (bicyclic) bond motifs is 2. The molecule has 3 N–H and O–H groups in total. The Kier molecular flexibility index (Phi) is 7.97. The minimum atomic E-state index is -6.10. The lowest BCUT2D eigenvalue weighted by Gasteiger charge is -2.49. The fraction of sp³-hybridized carbons (Fsp3) is 0.609. The van der Waals surface area contributed by atoms with Crippen LogP contribution in [-0.2, 0) is 25.2 Å². The molecule has 3 fully saturated rings. The number of ketones is 1. The molecule has 3 saturated heterocycles. The first-order valence-electron chi connectivity index (χ1n) is 12.7. The van der Waals surface area contributed by atoms with Crippen molar-refractivity contribution in [1.82, 2.24) is 19.2 Å². The van der Waals surface area contributed by atoms with Gasteiger partial charge in [0.2, 0.25) is 5.95 Å². The molecule has 0 amide bonds. The summed E-state index contributed by atoms with van der Waals surface area (Å²) >= 11 is 0.882. The Balaban J connectivity index is 1.46. The molecule has 0 aromatic carbocycles. The minimum Gasteiger partial charge on any atom is -0.391 e. The number of aliphatic hydroxyl groups is 1. The van der Waals surface area contributed by atoms with Crippen molar-refractivity contribution in [1.29, 1.82) is 0 Å². The van der Waals surface area contributed by atoms with Gasteiger partial charge in [-0.25, -0.2) is 18.4 Å². The Morgan fingerprint density at radius 1 is 1.02 bits per heavy atom. The second-order valence-corrected chi connectivity index (χ2v) is 13.6. The molecule has 2 aromatic heterocycles. The number of alkyl halides is 6. The summed E-state index contributed by atoms with van der Waals surface area (Å²) in [5.74, 6) is -0.187. The van der Waals surface area contributed by atoms with Gasteiger partial charge in [0.25, 0.3) is 15.6 Å². The average Bonchev–Trinajstić information content (AvgIpc) is 3.34. The zero-order valence-corrected chi connectivity index (χ0v) is 23.3. The van der Waals surface area contributed by atoms with Gasteiger partial charge in [0.15, 0.2) is 0 Å². The summed E-state index contributed by atoms with van der Waals surface area (Å²) in [6.45, 7) is 0.459. The van der Waals surface area contributed by atoms with Gasteiger partial charge >= 0.3 is 12.4 Å². The average molecular weight is 645 g/mol. The fourth-order valence-corrected chi connectivity index (χ4v) is 8.26. The number of anilines is 2. The van der Waals surface area contributed by atoms with E-state index in [2.05, 4.69) is 9.97 Å². The summed E-state index contributed by atoms with van der Waals surface area (Å²) in [7, 11) is -3.98. The fourth-order valence-electron chi connectivity index (χ4n) is 5.54. The van der Waals surface area contributed by atoms with Gasteiger partial charge < -0.3 is 20.5 Å². The van der Waals surface area contributed by atoms with E-state index in [1.807, 2.05) is 4.90 Å². The topological polar surface area (TPSA) is 142 Å². The molecule has 5 heterocycles. The Labute approximate surface area is 239 Å². The summed E-state index contributed by atoms with van der Waals surface area (Å²) in [5.41, 5.74) is -1.08. The standard InChI is InChI=1S/C23H26F6N6O5S2/c24-22(25,26)21(37,23(27,28)29)13-7-31-20(32-8-13)34-4-3-33(42(38,39)19-2-1-18(30)41-19)9-16(34)10-35-14-5-17(36)6-15(35)12-40-11-14/h1-2,7-8,14-16,37H,3-6,9-12,30H2. The van der Waals surface area contributed by atoms with Gasteiger partial charge in [0.1, 0.15) is 9.99 Å². The minimum absolute atomic E-state index is 0.0141. The number of aromatic nitrogens is 2. The number of hydrogen-bond acceptors (Lipinski definition) is 11. The van der Waals surface area contributed by atoms with E-state index in [1.165, 1.54) is 21.3 Å². The van der Waals surface area contributed by atoms with Gasteiger partial charge in [-0.2, -0.15) is 30.6 Å². The smallest absolute Gasteiger partial charge is 0.391 e. The van der Waals surface area contributed by atoms with E-state index < -0.39 is 39.6 Å². The Morgan fingerprint density at radius 3 is 2.14 bits per heavy atom. The predicted molar refractivity (Wildman–Crippen MR) is 136 cm³/mol. The number of Topliss-reactive ketones (excluding diaryl/α,β-unsaturated/α-hetero) is 1. The van der Waals surface area contributed by atoms with Crippen LogP contribution in [0.2, 0.25) is 0 Å². The van der Waals surface area contributed by atoms with Crippen molar-refractivity contribution in [3.63, 3.8) is 0 Å². The number of carbonyl (C=O) groups is 1. The number of hydrogen-bond donors (Lipinski definition) is 2. The molecular weight excluding hydrogens is 618 g/mol. The van der Waals surface area contributed by atoms with E-state index in [-0.39, 0.29) is 92.7 Å². The highest BCUT2D eigenvalue weighted by Crippen LogP contribution is 2.49. The molecule has 5 rings (SSSR count). The highest BCUT2D eigenvalue weighted by Gasteiger charge is 2.71. The second-order valence-electron chi connectivity index (χ2n) is 10.3. The van der Waals surface area contributed by atoms with E-state index in [0.29, 0.717) is 5.00 Å². The zero-order valence-electron chi connectivity index (χ0n) is 21.7. The van der Waals surface area contributed by atoms with E-state index in [1.54, 1.807) is 0 Å². The van der Waals surface area contributed by atoms with Gasteiger partial charge in [-0.1, -0.05) is 0 Å². The number of ether oxygens (including phenoxy) is 1. The van der Waals surface area contributed by atoms with Crippen molar-refractivity contribution in [2.24, 2.45) is 0 Å². The van der Waals surface area contributed by atoms with Crippen LogP contribution in [0.25, 0.3) is 0 Å². The lowest BCUT2D eigenvalue weighted by molar-refractivity contribution is -0.376. The summed E-state index contributed by atoms with van der Waals surface area (Å²) in [6.07, 6.45) is -11.2. The van der Waals surface area contributed by atoms with Crippen LogP contribution < -0.4 is 10.6 Å². The molecule has 19 heteroatoms. The predicted octanol–water partition coefficient (Wildman–Crippen LogP) is 1.74. The number of nitrogens with two attached hydrogens (primary N) is 1. The number of halogens is 6. The normalized spacial score (nSPS) is 25.2. The molecule has 3 atom stereocenters. The maximum atomic E-state index is 13.4. The maximum Gasteiger partial charge on any atom is 0.430 e. The van der Waals surface area contributed by atoms with Crippen LogP contribution >= 0.6 is 11.3 Å². The summed E-state index contributed by atoms with van der Waals surface area (Å²) in [4.78, 5) is 23.2. The first-order chi connectivity index (χ1) is 19.5. The first-order valence-corrected chi connectivity index (χ1v) is 14.9. The number of rotatable bonds is 6. The number of nitrogen functional groups attached to an aromatic ring is 1. The monoisotopic (exact) mass is 644 g/mol. The molecular formula is C23H26F6N6O5S2. The van der Waals surface area contributed by atoms with Crippen LogP contribution in [0.3, 0.4) is 0 Å². The Bertz CT molecular complexity index is 1390. The SMILES string of the molecule is Nc1ccc(S(=O)(=O)N2CCN(c3ncc(C(O)(C(F)(F)F)C(F)(F)F)cn3)C(CN3C4COCC3CC(=O)C4)C2)s1. The number of carbonyl (C=O) groups excluding carboxylic acids is 1. The number of piperazine rings is 1. The van der Waals surface area contributed by atoms with Crippen molar-refractivity contribution in [3.8, 4) is 0 Å². The van der Waals surface area contributed by atoms with Crippen LogP contribution in [0.5, 0.6) is 0 Å². The molecule has 232 valence electrons. The van der Waals surface area contributed by atoms with Gasteiger partial charge in [0.05, 0.1) is 24.3 Å². The highest BCUT2D eigenvalue weighted by molar-refractivity contribution is 7.91. The maximum absolute atomic E-state index is 13.4. The number of sulfonamides is 1. The Morgan fingerprint density at radius 2 is 1.62 bits per heavy atom. The third kappa shape index (κ3) is 5.45. The largest absolute Gasteiger partial charge is 0.430 e. The van der Waals surface area contributed by atoms with Crippen molar-refractivity contribution in [3.05, 3.63) is 30.1 Å². The van der Waals surface area contributed by atoms with Crippen molar-refractivity contribution in [2.75, 3.05) is 50.0 Å². The Hall–Kier alpha value is -2.58. The van der Waals surface area contributed by atoms with E-state index in [9.17, 15) is 44.7 Å². The number of thiophene rings is 1. The zero-order chi connectivity index (χ0) is 30.7. The van der Waals surface area contributed by atoms with Gasteiger partial charge in [0, 0.05) is 69.1 Å². The lowest BCUT2D eigenvalue weighted by Crippen LogP contribution is -2.64. The van der Waals surface area contributed by atoms with Gasteiger partial charge in [-0.15, -0.1) is 11.3 Å². The number of piperidine rings is 1.